The predicted octanol–water partition coefficient (Wildman–Crippen LogP) is 2.63. The average Bonchev–Trinajstić information content (AvgIpc) is 3.04. The molecule has 0 bridgehead atoms. The number of furan rings is 1. The van der Waals surface area contributed by atoms with Crippen molar-refractivity contribution in [3.63, 3.8) is 0 Å². The van der Waals surface area contributed by atoms with E-state index in [1.165, 1.54) is 0 Å². The Balaban J connectivity index is 1.81. The molecule has 2 aromatic heterocycles. The van der Waals surface area contributed by atoms with Gasteiger partial charge in [0.15, 0.2) is 5.76 Å². The first-order valence-corrected chi connectivity index (χ1v) is 6.33. The summed E-state index contributed by atoms with van der Waals surface area (Å²) >= 11 is 0. The van der Waals surface area contributed by atoms with Crippen molar-refractivity contribution in [2.24, 2.45) is 0 Å². The van der Waals surface area contributed by atoms with Crippen LogP contribution < -0.4 is 5.32 Å². The molecule has 0 atom stereocenters. The van der Waals surface area contributed by atoms with Gasteiger partial charge in [-0.25, -0.2) is 0 Å². The molecular formula is C14H15N3O2. The van der Waals surface area contributed by atoms with Crippen molar-refractivity contribution >= 4 is 11.0 Å². The van der Waals surface area contributed by atoms with Gasteiger partial charge in [0.25, 0.3) is 0 Å². The second-order valence-electron chi connectivity index (χ2n) is 4.37. The van der Waals surface area contributed by atoms with Crippen LogP contribution in [0.15, 0.2) is 39.3 Å². The van der Waals surface area contributed by atoms with Gasteiger partial charge < -0.3 is 14.3 Å². The maximum absolute atomic E-state index is 5.70. The Bertz CT molecular complexity index is 639. The van der Waals surface area contributed by atoms with Crippen molar-refractivity contribution in [3.8, 4) is 11.6 Å². The lowest BCUT2D eigenvalue weighted by Gasteiger charge is -1.93. The predicted molar refractivity (Wildman–Crippen MR) is 71.8 cm³/mol. The number of para-hydroxylation sites is 1. The number of nitrogens with one attached hydrogen (secondary N) is 1. The number of benzene rings is 1. The third-order valence-electron chi connectivity index (χ3n) is 2.93. The zero-order chi connectivity index (χ0) is 13.1. The monoisotopic (exact) mass is 257 g/mol. The van der Waals surface area contributed by atoms with Crippen molar-refractivity contribution in [2.45, 2.75) is 12.8 Å². The molecule has 98 valence electrons. The van der Waals surface area contributed by atoms with Crippen LogP contribution in [0, 0.1) is 0 Å². The van der Waals surface area contributed by atoms with Gasteiger partial charge in [-0.3, -0.25) is 0 Å². The Morgan fingerprint density at radius 2 is 2.16 bits per heavy atom. The molecule has 0 radical (unpaired) electrons. The van der Waals surface area contributed by atoms with E-state index < -0.39 is 0 Å². The van der Waals surface area contributed by atoms with Gasteiger partial charge in [0, 0.05) is 11.8 Å². The molecular weight excluding hydrogens is 242 g/mol. The van der Waals surface area contributed by atoms with Gasteiger partial charge in [0.05, 0.1) is 0 Å². The summed E-state index contributed by atoms with van der Waals surface area (Å²) in [5, 5.41) is 8.09. The molecule has 0 aliphatic carbocycles. The van der Waals surface area contributed by atoms with Crippen molar-refractivity contribution in [2.75, 3.05) is 13.6 Å². The lowest BCUT2D eigenvalue weighted by atomic mass is 10.2. The van der Waals surface area contributed by atoms with Crippen LogP contribution in [0.3, 0.4) is 0 Å². The maximum atomic E-state index is 5.70. The standard InChI is InChI=1S/C14H15N3O2/c1-15-8-4-7-13-16-14(17-19-13)12-9-10-5-2-3-6-11(10)18-12/h2-3,5-6,9,15H,4,7-8H2,1H3. The fraction of sp³-hybridized carbons (Fsp3) is 0.286. The average molecular weight is 257 g/mol. The Labute approximate surface area is 110 Å². The van der Waals surface area contributed by atoms with E-state index in [1.54, 1.807) is 0 Å². The van der Waals surface area contributed by atoms with Crippen LogP contribution in [-0.2, 0) is 6.42 Å². The van der Waals surface area contributed by atoms with E-state index in [0.29, 0.717) is 17.5 Å². The molecule has 0 saturated heterocycles. The molecule has 0 saturated carbocycles. The number of hydrogen-bond donors (Lipinski definition) is 1. The number of hydrogen-bond acceptors (Lipinski definition) is 5. The Morgan fingerprint density at radius 3 is 3.00 bits per heavy atom. The quantitative estimate of drug-likeness (QED) is 0.712. The number of aromatic nitrogens is 2. The first-order chi connectivity index (χ1) is 9.36. The van der Waals surface area contributed by atoms with Crippen molar-refractivity contribution < 1.29 is 8.94 Å². The van der Waals surface area contributed by atoms with Crippen LogP contribution in [0.2, 0.25) is 0 Å². The summed E-state index contributed by atoms with van der Waals surface area (Å²) in [7, 11) is 1.92. The zero-order valence-corrected chi connectivity index (χ0v) is 10.7. The van der Waals surface area contributed by atoms with E-state index >= 15 is 0 Å². The summed E-state index contributed by atoms with van der Waals surface area (Å²) in [6, 6.07) is 9.76. The molecule has 2 heterocycles. The summed E-state index contributed by atoms with van der Waals surface area (Å²) in [4.78, 5) is 4.35. The zero-order valence-electron chi connectivity index (χ0n) is 10.7. The highest BCUT2D eigenvalue weighted by Gasteiger charge is 2.12. The van der Waals surface area contributed by atoms with Crippen LogP contribution >= 0.6 is 0 Å². The molecule has 19 heavy (non-hydrogen) atoms. The van der Waals surface area contributed by atoms with Crippen molar-refractivity contribution in [1.29, 1.82) is 0 Å². The molecule has 0 aliphatic rings. The topological polar surface area (TPSA) is 64.1 Å². The van der Waals surface area contributed by atoms with E-state index in [-0.39, 0.29) is 0 Å². The van der Waals surface area contributed by atoms with E-state index in [2.05, 4.69) is 15.5 Å². The summed E-state index contributed by atoms with van der Waals surface area (Å²) in [5.41, 5.74) is 0.832. The first-order valence-electron chi connectivity index (χ1n) is 6.33. The number of aryl methyl sites for hydroxylation is 1. The van der Waals surface area contributed by atoms with Gasteiger partial charge in [0.1, 0.15) is 5.58 Å². The van der Waals surface area contributed by atoms with Gasteiger partial charge in [-0.05, 0) is 32.1 Å². The smallest absolute Gasteiger partial charge is 0.238 e. The SMILES string of the molecule is CNCCCc1nc(-c2cc3ccccc3o2)no1. The number of nitrogens with zero attached hydrogens (tertiary/aromatic N) is 2. The molecule has 3 aromatic rings. The minimum atomic E-state index is 0.510. The molecule has 5 nitrogen and oxygen atoms in total. The highest BCUT2D eigenvalue weighted by atomic mass is 16.5. The largest absolute Gasteiger partial charge is 0.453 e. The Kier molecular flexibility index (Phi) is 3.29. The van der Waals surface area contributed by atoms with E-state index in [9.17, 15) is 0 Å². The van der Waals surface area contributed by atoms with Crippen LogP contribution in [-0.4, -0.2) is 23.7 Å². The van der Waals surface area contributed by atoms with Gasteiger partial charge in [-0.15, -0.1) is 0 Å². The molecule has 0 aliphatic heterocycles. The van der Waals surface area contributed by atoms with Gasteiger partial charge in [-0.2, -0.15) is 4.98 Å². The lowest BCUT2D eigenvalue weighted by molar-refractivity contribution is 0.374. The fourth-order valence-electron chi connectivity index (χ4n) is 1.96. The van der Waals surface area contributed by atoms with Gasteiger partial charge in [-0.1, -0.05) is 23.4 Å². The fourth-order valence-corrected chi connectivity index (χ4v) is 1.96. The minimum Gasteiger partial charge on any atom is -0.453 e. The molecule has 0 unspecified atom stereocenters. The first kappa shape index (κ1) is 11.9. The summed E-state index contributed by atoms with van der Waals surface area (Å²) < 4.78 is 10.9. The van der Waals surface area contributed by atoms with E-state index in [0.717, 1.165) is 30.4 Å². The molecule has 0 fully saturated rings. The third-order valence-corrected chi connectivity index (χ3v) is 2.93. The number of fused-ring (bicyclic) bond motifs is 1. The normalized spacial score (nSPS) is 11.2. The van der Waals surface area contributed by atoms with Crippen molar-refractivity contribution in [3.05, 3.63) is 36.2 Å². The molecule has 3 rings (SSSR count). The number of rotatable bonds is 5. The maximum Gasteiger partial charge on any atom is 0.238 e. The van der Waals surface area contributed by atoms with Crippen LogP contribution in [0.5, 0.6) is 0 Å². The Hall–Kier alpha value is -2.14. The lowest BCUT2D eigenvalue weighted by Crippen LogP contribution is -2.08. The van der Waals surface area contributed by atoms with E-state index in [4.69, 9.17) is 8.94 Å². The van der Waals surface area contributed by atoms with Crippen LogP contribution in [0.1, 0.15) is 12.3 Å². The summed E-state index contributed by atoms with van der Waals surface area (Å²) in [6.07, 6.45) is 1.74. The summed E-state index contributed by atoms with van der Waals surface area (Å²) in [5.74, 6) is 1.80. The third kappa shape index (κ3) is 2.51. The Morgan fingerprint density at radius 1 is 1.26 bits per heavy atom. The highest BCUT2D eigenvalue weighted by Crippen LogP contribution is 2.25. The van der Waals surface area contributed by atoms with Crippen LogP contribution in [0.25, 0.3) is 22.6 Å². The van der Waals surface area contributed by atoms with Crippen molar-refractivity contribution in [1.82, 2.24) is 15.5 Å². The second-order valence-corrected chi connectivity index (χ2v) is 4.37. The van der Waals surface area contributed by atoms with Gasteiger partial charge in [0.2, 0.25) is 11.7 Å². The van der Waals surface area contributed by atoms with E-state index in [1.807, 2.05) is 37.4 Å². The molecule has 1 aromatic carbocycles. The minimum absolute atomic E-state index is 0.510. The van der Waals surface area contributed by atoms with Crippen LogP contribution in [0.4, 0.5) is 0 Å². The molecule has 5 heteroatoms. The highest BCUT2D eigenvalue weighted by molar-refractivity contribution is 5.81. The second kappa shape index (κ2) is 5.24. The molecule has 1 N–H and O–H groups in total. The summed E-state index contributed by atoms with van der Waals surface area (Å²) in [6.45, 7) is 0.933. The van der Waals surface area contributed by atoms with Gasteiger partial charge >= 0.3 is 0 Å². The molecule has 0 spiro atoms. The molecule has 0 amide bonds.